The van der Waals surface area contributed by atoms with Crippen LogP contribution < -0.4 is 14.8 Å². The molecular formula is C28H33N3O3. The third-order valence-electron chi connectivity index (χ3n) is 6.37. The summed E-state index contributed by atoms with van der Waals surface area (Å²) in [5.41, 5.74) is 3.98. The van der Waals surface area contributed by atoms with Crippen molar-refractivity contribution in [3.8, 4) is 11.5 Å². The van der Waals surface area contributed by atoms with Crippen LogP contribution in [0.5, 0.6) is 11.5 Å². The average Bonchev–Trinajstić information content (AvgIpc) is 2.87. The summed E-state index contributed by atoms with van der Waals surface area (Å²) in [6.45, 7) is 4.35. The van der Waals surface area contributed by atoms with Crippen LogP contribution in [0.25, 0.3) is 0 Å². The molecule has 6 heteroatoms. The lowest BCUT2D eigenvalue weighted by atomic mass is 9.98. The van der Waals surface area contributed by atoms with E-state index in [2.05, 4.69) is 29.4 Å². The van der Waals surface area contributed by atoms with E-state index in [0.29, 0.717) is 18.0 Å². The summed E-state index contributed by atoms with van der Waals surface area (Å²) in [4.78, 5) is 18.5. The predicted octanol–water partition coefficient (Wildman–Crippen LogP) is 4.68. The van der Waals surface area contributed by atoms with Crippen molar-refractivity contribution in [2.75, 3.05) is 46.2 Å². The zero-order valence-corrected chi connectivity index (χ0v) is 20.3. The molecule has 2 unspecified atom stereocenters. The maximum absolute atomic E-state index is 14.2. The minimum atomic E-state index is -0.549. The van der Waals surface area contributed by atoms with Crippen LogP contribution in [0.3, 0.4) is 0 Å². The lowest BCUT2D eigenvalue weighted by Crippen LogP contribution is -2.51. The molecule has 178 valence electrons. The van der Waals surface area contributed by atoms with E-state index in [-0.39, 0.29) is 11.9 Å². The number of amides is 1. The van der Waals surface area contributed by atoms with Crippen LogP contribution in [0, 0.1) is 6.92 Å². The van der Waals surface area contributed by atoms with Crippen LogP contribution in [-0.4, -0.2) is 56.6 Å². The number of ether oxygens (including phenoxy) is 2. The Morgan fingerprint density at radius 1 is 0.941 bits per heavy atom. The number of anilines is 1. The Morgan fingerprint density at radius 2 is 1.59 bits per heavy atom. The molecule has 1 heterocycles. The molecule has 3 aromatic rings. The van der Waals surface area contributed by atoms with E-state index in [4.69, 9.17) is 9.47 Å². The third kappa shape index (κ3) is 5.34. The van der Waals surface area contributed by atoms with Crippen LogP contribution in [0.2, 0.25) is 0 Å². The number of nitrogens with one attached hydrogen (secondary N) is 1. The van der Waals surface area contributed by atoms with E-state index >= 15 is 0 Å². The average molecular weight is 460 g/mol. The minimum absolute atomic E-state index is 0.0120. The smallest absolute Gasteiger partial charge is 0.250 e. The van der Waals surface area contributed by atoms with Gasteiger partial charge in [-0.05, 0) is 25.1 Å². The van der Waals surface area contributed by atoms with Crippen molar-refractivity contribution in [1.82, 2.24) is 9.80 Å². The van der Waals surface area contributed by atoms with Gasteiger partial charge in [-0.1, -0.05) is 60.2 Å². The number of carbonyl (C=O) groups is 1. The fourth-order valence-corrected chi connectivity index (χ4v) is 4.41. The number of piperazine rings is 1. The van der Waals surface area contributed by atoms with Gasteiger partial charge in [0.05, 0.1) is 20.3 Å². The molecular weight excluding hydrogens is 426 g/mol. The number of rotatable bonds is 7. The molecule has 3 aromatic carbocycles. The van der Waals surface area contributed by atoms with Crippen molar-refractivity contribution in [1.29, 1.82) is 0 Å². The van der Waals surface area contributed by atoms with Gasteiger partial charge in [-0.3, -0.25) is 4.79 Å². The van der Waals surface area contributed by atoms with Gasteiger partial charge in [-0.15, -0.1) is 0 Å². The molecule has 1 fully saturated rings. The van der Waals surface area contributed by atoms with Gasteiger partial charge in [0.2, 0.25) is 5.91 Å². The highest BCUT2D eigenvalue weighted by Crippen LogP contribution is 2.32. The Morgan fingerprint density at radius 3 is 2.21 bits per heavy atom. The summed E-state index contributed by atoms with van der Waals surface area (Å²) in [5, 5.41) is 3.48. The van der Waals surface area contributed by atoms with Gasteiger partial charge in [-0.25, -0.2) is 0 Å². The number of benzene rings is 3. The lowest BCUT2D eigenvalue weighted by molar-refractivity contribution is -0.137. The summed E-state index contributed by atoms with van der Waals surface area (Å²) >= 11 is 0. The Bertz CT molecular complexity index is 1080. The van der Waals surface area contributed by atoms with Crippen LogP contribution in [0.4, 0.5) is 5.69 Å². The van der Waals surface area contributed by atoms with Crippen molar-refractivity contribution in [3.63, 3.8) is 0 Å². The Labute approximate surface area is 202 Å². The first-order valence-electron chi connectivity index (χ1n) is 11.6. The fraction of sp³-hybridized carbons (Fsp3) is 0.321. The molecule has 1 amide bonds. The molecule has 1 aliphatic rings. The van der Waals surface area contributed by atoms with E-state index in [0.717, 1.165) is 35.5 Å². The second-order valence-electron chi connectivity index (χ2n) is 8.81. The first-order chi connectivity index (χ1) is 16.5. The molecule has 0 aromatic heterocycles. The molecule has 6 nitrogen and oxygen atoms in total. The van der Waals surface area contributed by atoms with Gasteiger partial charge in [0.25, 0.3) is 0 Å². The minimum Gasteiger partial charge on any atom is -0.497 e. The standard InChI is InChI=1S/C28H33N3O3/c1-20-10-12-22(13-11-20)27(29-23-16-24(33-3)18-25(17-23)34-4)28(32)31-15-14-30(2)19-26(31)21-8-6-5-7-9-21/h5-13,16-18,26-27,29H,14-15,19H2,1-4H3. The highest BCUT2D eigenvalue weighted by atomic mass is 16.5. The normalized spacial score (nSPS) is 17.2. The molecule has 2 atom stereocenters. The maximum atomic E-state index is 14.2. The molecule has 0 aliphatic carbocycles. The number of hydrogen-bond donors (Lipinski definition) is 1. The number of hydrogen-bond acceptors (Lipinski definition) is 5. The highest BCUT2D eigenvalue weighted by Gasteiger charge is 2.35. The van der Waals surface area contributed by atoms with Gasteiger partial charge in [-0.2, -0.15) is 0 Å². The molecule has 1 N–H and O–H groups in total. The van der Waals surface area contributed by atoms with Crippen LogP contribution >= 0.6 is 0 Å². The molecule has 34 heavy (non-hydrogen) atoms. The highest BCUT2D eigenvalue weighted by molar-refractivity contribution is 5.87. The van der Waals surface area contributed by atoms with Gasteiger partial charge < -0.3 is 24.6 Å². The third-order valence-corrected chi connectivity index (χ3v) is 6.37. The molecule has 1 aliphatic heterocycles. The molecule has 4 rings (SSSR count). The maximum Gasteiger partial charge on any atom is 0.250 e. The van der Waals surface area contributed by atoms with Crippen molar-refractivity contribution >= 4 is 11.6 Å². The molecule has 1 saturated heterocycles. The van der Waals surface area contributed by atoms with Crippen molar-refractivity contribution < 1.29 is 14.3 Å². The Kier molecular flexibility index (Phi) is 7.38. The van der Waals surface area contributed by atoms with Crippen LogP contribution in [-0.2, 0) is 4.79 Å². The Balaban J connectivity index is 1.71. The molecule has 0 saturated carbocycles. The largest absolute Gasteiger partial charge is 0.497 e. The van der Waals surface area contributed by atoms with Crippen molar-refractivity contribution in [3.05, 3.63) is 89.5 Å². The number of carbonyl (C=O) groups excluding carboxylic acids is 1. The van der Waals surface area contributed by atoms with Crippen molar-refractivity contribution in [2.24, 2.45) is 0 Å². The van der Waals surface area contributed by atoms with Gasteiger partial charge in [0, 0.05) is 43.5 Å². The number of aryl methyl sites for hydroxylation is 1. The van der Waals surface area contributed by atoms with Crippen molar-refractivity contribution in [2.45, 2.75) is 19.0 Å². The predicted molar refractivity (Wildman–Crippen MR) is 135 cm³/mol. The van der Waals surface area contributed by atoms with Crippen LogP contribution in [0.1, 0.15) is 28.8 Å². The quantitative estimate of drug-likeness (QED) is 0.556. The monoisotopic (exact) mass is 459 g/mol. The summed E-state index contributed by atoms with van der Waals surface area (Å²) in [5.74, 6) is 1.38. The van der Waals surface area contributed by atoms with E-state index in [1.807, 2.05) is 72.5 Å². The summed E-state index contributed by atoms with van der Waals surface area (Å²) in [6, 6.07) is 23.4. The van der Waals surface area contributed by atoms with E-state index in [1.165, 1.54) is 0 Å². The van der Waals surface area contributed by atoms with E-state index in [9.17, 15) is 4.79 Å². The summed E-state index contributed by atoms with van der Waals surface area (Å²) < 4.78 is 10.9. The lowest BCUT2D eigenvalue weighted by Gasteiger charge is -2.42. The van der Waals surface area contributed by atoms with E-state index in [1.54, 1.807) is 14.2 Å². The molecule has 0 bridgehead atoms. The summed E-state index contributed by atoms with van der Waals surface area (Å²) in [7, 11) is 5.35. The van der Waals surface area contributed by atoms with E-state index < -0.39 is 6.04 Å². The van der Waals surface area contributed by atoms with Gasteiger partial charge >= 0.3 is 0 Å². The van der Waals surface area contributed by atoms with Gasteiger partial charge in [0.1, 0.15) is 17.5 Å². The molecule has 0 spiro atoms. The molecule has 0 radical (unpaired) electrons. The Hall–Kier alpha value is -3.51. The summed E-state index contributed by atoms with van der Waals surface area (Å²) in [6.07, 6.45) is 0. The van der Waals surface area contributed by atoms with Gasteiger partial charge in [0.15, 0.2) is 0 Å². The first-order valence-corrected chi connectivity index (χ1v) is 11.6. The number of nitrogens with zero attached hydrogens (tertiary/aromatic N) is 2. The van der Waals surface area contributed by atoms with Crippen LogP contribution in [0.15, 0.2) is 72.8 Å². The SMILES string of the molecule is COc1cc(NC(C(=O)N2CCN(C)CC2c2ccccc2)c2ccc(C)cc2)cc(OC)c1. The topological polar surface area (TPSA) is 54.0 Å². The second-order valence-corrected chi connectivity index (χ2v) is 8.81. The fourth-order valence-electron chi connectivity index (χ4n) is 4.41. The zero-order valence-electron chi connectivity index (χ0n) is 20.3. The zero-order chi connectivity index (χ0) is 24.1. The first kappa shape index (κ1) is 23.6. The second kappa shape index (κ2) is 10.6. The number of methoxy groups -OCH3 is 2. The number of likely N-dealkylation sites (N-methyl/N-ethyl adjacent to an activating group) is 1.